The van der Waals surface area contributed by atoms with Gasteiger partial charge in [0.2, 0.25) is 5.91 Å². The number of hydrogen-bond acceptors (Lipinski definition) is 6. The van der Waals surface area contributed by atoms with E-state index in [0.717, 1.165) is 9.37 Å². The second kappa shape index (κ2) is 11.1. The van der Waals surface area contributed by atoms with E-state index in [-0.39, 0.29) is 18.1 Å². The lowest BCUT2D eigenvalue weighted by molar-refractivity contribution is -0.122. The topological polar surface area (TPSA) is 114 Å². The summed E-state index contributed by atoms with van der Waals surface area (Å²) in [5.74, 6) is -0.549. The van der Waals surface area contributed by atoms with Crippen molar-refractivity contribution >= 4 is 57.1 Å². The number of amides is 5. The van der Waals surface area contributed by atoms with Crippen molar-refractivity contribution in [1.29, 1.82) is 0 Å². The molecule has 9 nitrogen and oxygen atoms in total. The molecule has 3 aromatic rings. The third-order valence-corrected chi connectivity index (χ3v) is 5.90. The first-order valence-corrected chi connectivity index (χ1v) is 11.9. The average Bonchev–Trinajstić information content (AvgIpc) is 2.87. The van der Waals surface area contributed by atoms with E-state index in [2.05, 4.69) is 26.6 Å². The predicted molar refractivity (Wildman–Crippen MR) is 141 cm³/mol. The van der Waals surface area contributed by atoms with Crippen molar-refractivity contribution < 1.29 is 28.7 Å². The van der Waals surface area contributed by atoms with Crippen LogP contribution in [0.2, 0.25) is 0 Å². The van der Waals surface area contributed by atoms with Crippen LogP contribution in [0.1, 0.15) is 18.1 Å². The van der Waals surface area contributed by atoms with Crippen molar-refractivity contribution in [2.45, 2.75) is 13.5 Å². The van der Waals surface area contributed by atoms with E-state index in [1.54, 1.807) is 66.7 Å². The number of imide groups is 2. The number of nitrogens with zero attached hydrogens (tertiary/aromatic N) is 1. The quantitative estimate of drug-likeness (QED) is 0.319. The highest BCUT2D eigenvalue weighted by Crippen LogP contribution is 2.27. The second-order valence-corrected chi connectivity index (χ2v) is 8.92. The fourth-order valence-corrected chi connectivity index (χ4v) is 3.91. The van der Waals surface area contributed by atoms with Crippen LogP contribution < -0.4 is 25.0 Å². The number of ether oxygens (including phenoxy) is 2. The zero-order valence-corrected chi connectivity index (χ0v) is 21.5. The first kappa shape index (κ1) is 25.6. The Balaban J connectivity index is 1.57. The number of hydrogen-bond donors (Lipinski definition) is 2. The van der Waals surface area contributed by atoms with E-state index < -0.39 is 17.8 Å². The fourth-order valence-electron chi connectivity index (χ4n) is 3.65. The van der Waals surface area contributed by atoms with Crippen molar-refractivity contribution in [2.24, 2.45) is 0 Å². The van der Waals surface area contributed by atoms with Crippen LogP contribution in [0.4, 0.5) is 16.2 Å². The van der Waals surface area contributed by atoms with Gasteiger partial charge in [0.1, 0.15) is 23.7 Å². The van der Waals surface area contributed by atoms with Crippen molar-refractivity contribution in [2.75, 3.05) is 17.3 Å². The van der Waals surface area contributed by atoms with E-state index in [4.69, 9.17) is 9.47 Å². The molecular formula is C27H22BrN3O6. The van der Waals surface area contributed by atoms with Gasteiger partial charge in [0.25, 0.3) is 11.8 Å². The first-order chi connectivity index (χ1) is 17.7. The number of carbonyl (C=O) groups excluding carboxylic acids is 4. The monoisotopic (exact) mass is 563 g/mol. The Morgan fingerprint density at radius 3 is 2.38 bits per heavy atom. The minimum absolute atomic E-state index is 0.142. The van der Waals surface area contributed by atoms with Crippen molar-refractivity contribution in [3.05, 3.63) is 87.9 Å². The number of carbonyl (C=O) groups is 4. The lowest BCUT2D eigenvalue weighted by atomic mass is 10.0. The molecular weight excluding hydrogens is 542 g/mol. The highest BCUT2D eigenvalue weighted by atomic mass is 79.9. The molecule has 0 bridgehead atoms. The molecule has 0 spiro atoms. The number of halogens is 1. The molecule has 10 heteroatoms. The predicted octanol–water partition coefficient (Wildman–Crippen LogP) is 4.66. The molecule has 2 N–H and O–H groups in total. The van der Waals surface area contributed by atoms with Crippen molar-refractivity contribution in [3.63, 3.8) is 0 Å². The first-order valence-electron chi connectivity index (χ1n) is 11.1. The van der Waals surface area contributed by atoms with Crippen LogP contribution in [-0.2, 0) is 21.0 Å². The molecule has 0 aliphatic carbocycles. The molecule has 37 heavy (non-hydrogen) atoms. The average molecular weight is 564 g/mol. The SMILES string of the molecule is COc1ccc(/C=C2\C(=O)NC(=O)N(c3ccc(Br)cc3)C2=O)cc1COc1ccc(NC(C)=O)cc1. The third-order valence-electron chi connectivity index (χ3n) is 5.37. The molecule has 0 atom stereocenters. The lowest BCUT2D eigenvalue weighted by Gasteiger charge is -2.26. The van der Waals surface area contributed by atoms with Crippen LogP contribution in [0.15, 0.2) is 76.8 Å². The molecule has 0 aromatic heterocycles. The van der Waals surface area contributed by atoms with E-state index >= 15 is 0 Å². The van der Waals surface area contributed by atoms with Gasteiger partial charge in [0.15, 0.2) is 0 Å². The highest BCUT2D eigenvalue weighted by Gasteiger charge is 2.36. The number of benzene rings is 3. The largest absolute Gasteiger partial charge is 0.496 e. The van der Waals surface area contributed by atoms with Crippen LogP contribution >= 0.6 is 15.9 Å². The number of urea groups is 1. The summed E-state index contributed by atoms with van der Waals surface area (Å²) in [5, 5.41) is 4.90. The maximum atomic E-state index is 13.1. The van der Waals surface area contributed by atoms with Gasteiger partial charge in [-0.2, -0.15) is 0 Å². The van der Waals surface area contributed by atoms with Gasteiger partial charge in [0, 0.05) is 22.6 Å². The van der Waals surface area contributed by atoms with Crippen molar-refractivity contribution in [3.8, 4) is 11.5 Å². The molecule has 4 rings (SSSR count). The fraction of sp³-hybridized carbons (Fsp3) is 0.111. The van der Waals surface area contributed by atoms with Gasteiger partial charge in [-0.3, -0.25) is 19.7 Å². The summed E-state index contributed by atoms with van der Waals surface area (Å²) in [4.78, 5) is 50.2. The normalized spacial score (nSPS) is 14.4. The van der Waals surface area contributed by atoms with E-state index in [1.807, 2.05) is 0 Å². The van der Waals surface area contributed by atoms with Crippen LogP contribution in [0.5, 0.6) is 11.5 Å². The van der Waals surface area contributed by atoms with Gasteiger partial charge < -0.3 is 14.8 Å². The summed E-state index contributed by atoms with van der Waals surface area (Å²) >= 11 is 3.32. The minimum atomic E-state index is -0.817. The van der Waals surface area contributed by atoms with Gasteiger partial charge in [-0.1, -0.05) is 22.0 Å². The van der Waals surface area contributed by atoms with Gasteiger partial charge in [-0.05, 0) is 72.3 Å². The Hall–Kier alpha value is -4.44. The number of anilines is 2. The van der Waals surface area contributed by atoms with Crippen molar-refractivity contribution in [1.82, 2.24) is 5.32 Å². The Kier molecular flexibility index (Phi) is 7.69. The maximum absolute atomic E-state index is 13.1. The van der Waals surface area contributed by atoms with Gasteiger partial charge in [-0.25, -0.2) is 9.69 Å². The number of nitrogens with one attached hydrogen (secondary N) is 2. The summed E-state index contributed by atoms with van der Waals surface area (Å²) in [6.45, 7) is 1.57. The number of barbiturate groups is 1. The minimum Gasteiger partial charge on any atom is -0.496 e. The number of methoxy groups -OCH3 is 1. The van der Waals surface area contributed by atoms with Crippen LogP contribution in [0, 0.1) is 0 Å². The molecule has 1 fully saturated rings. The summed E-state index contributed by atoms with van der Waals surface area (Å²) in [6.07, 6.45) is 1.42. The number of rotatable bonds is 7. The molecule has 1 heterocycles. The van der Waals surface area contributed by atoms with Gasteiger partial charge >= 0.3 is 6.03 Å². The molecule has 1 aliphatic rings. The summed E-state index contributed by atoms with van der Waals surface area (Å²) in [5.41, 5.74) is 2.01. The molecule has 0 saturated carbocycles. The summed E-state index contributed by atoms with van der Waals surface area (Å²) in [7, 11) is 1.53. The Morgan fingerprint density at radius 2 is 1.73 bits per heavy atom. The van der Waals surface area contributed by atoms with E-state index in [0.29, 0.717) is 34.0 Å². The molecule has 0 radical (unpaired) electrons. The summed E-state index contributed by atoms with van der Waals surface area (Å²) in [6, 6.07) is 17.8. The Morgan fingerprint density at radius 1 is 1.03 bits per heavy atom. The van der Waals surface area contributed by atoms with E-state index in [9.17, 15) is 19.2 Å². The van der Waals surface area contributed by atoms with Crippen LogP contribution in [0.25, 0.3) is 6.08 Å². The van der Waals surface area contributed by atoms with Gasteiger partial charge in [-0.15, -0.1) is 0 Å². The Bertz CT molecular complexity index is 1400. The summed E-state index contributed by atoms with van der Waals surface area (Å²) < 4.78 is 12.1. The maximum Gasteiger partial charge on any atom is 0.335 e. The molecule has 188 valence electrons. The van der Waals surface area contributed by atoms with Crippen LogP contribution in [-0.4, -0.2) is 30.9 Å². The molecule has 0 unspecified atom stereocenters. The smallest absolute Gasteiger partial charge is 0.335 e. The molecule has 1 aliphatic heterocycles. The molecule has 3 aromatic carbocycles. The zero-order chi connectivity index (χ0) is 26.5. The van der Waals surface area contributed by atoms with Crippen LogP contribution in [0.3, 0.4) is 0 Å². The molecule has 1 saturated heterocycles. The third kappa shape index (κ3) is 6.04. The lowest BCUT2D eigenvalue weighted by Crippen LogP contribution is -2.54. The zero-order valence-electron chi connectivity index (χ0n) is 19.9. The Labute approximate surface area is 221 Å². The standard InChI is InChI=1S/C27H22BrN3O6/c1-16(32)29-20-6-10-22(11-7-20)37-15-18-13-17(3-12-24(18)36-2)14-23-25(33)30-27(35)31(26(23)34)21-8-4-19(28)5-9-21/h3-14H,15H2,1-2H3,(H,29,32)(H,30,33,35)/b23-14+. The van der Waals surface area contributed by atoms with Gasteiger partial charge in [0.05, 0.1) is 12.8 Å². The van der Waals surface area contributed by atoms with E-state index in [1.165, 1.54) is 20.1 Å². The highest BCUT2D eigenvalue weighted by molar-refractivity contribution is 9.10. The molecule has 5 amide bonds. The second-order valence-electron chi connectivity index (χ2n) is 8.00.